The van der Waals surface area contributed by atoms with E-state index >= 15 is 0 Å². The summed E-state index contributed by atoms with van der Waals surface area (Å²) < 4.78 is 23.7. The van der Waals surface area contributed by atoms with Gasteiger partial charge in [-0.25, -0.2) is 4.68 Å². The quantitative estimate of drug-likeness (QED) is 0.316. The molecular formula is C28H33N7O5. The van der Waals surface area contributed by atoms with Crippen LogP contribution >= 0.6 is 0 Å². The zero-order valence-electron chi connectivity index (χ0n) is 22.7. The third-order valence-electron chi connectivity index (χ3n) is 7.38. The van der Waals surface area contributed by atoms with Crippen LogP contribution in [-0.4, -0.2) is 88.3 Å². The van der Waals surface area contributed by atoms with E-state index in [0.717, 1.165) is 60.9 Å². The lowest BCUT2D eigenvalue weighted by molar-refractivity contribution is 0.0984. The average Bonchev–Trinajstić information content (AvgIpc) is 3.63. The van der Waals surface area contributed by atoms with E-state index < -0.39 is 6.04 Å². The summed E-state index contributed by atoms with van der Waals surface area (Å²) in [7, 11) is 1.64. The first kappa shape index (κ1) is 26.2. The Balaban J connectivity index is 1.28. The van der Waals surface area contributed by atoms with Crippen LogP contribution in [0.25, 0.3) is 10.9 Å². The van der Waals surface area contributed by atoms with Crippen molar-refractivity contribution in [2.45, 2.75) is 26.1 Å². The SMILES string of the molecule is CCOc1ccc2[nH]c(=O)c([C@@H](c3nnnn3CCOC)N3CCN(Cc4ccc5c(c4)OCO5)CC3)cc2c1. The van der Waals surface area contributed by atoms with Crippen LogP contribution in [0.2, 0.25) is 0 Å². The Hall–Kier alpha value is -4.00. The first-order valence-electron chi connectivity index (χ1n) is 13.5. The largest absolute Gasteiger partial charge is 0.494 e. The Bertz CT molecular complexity index is 1530. The monoisotopic (exact) mass is 547 g/mol. The number of piperazine rings is 1. The highest BCUT2D eigenvalue weighted by Gasteiger charge is 2.33. The molecule has 2 aromatic carbocycles. The Morgan fingerprint density at radius 1 is 1.05 bits per heavy atom. The molecule has 0 amide bonds. The van der Waals surface area contributed by atoms with Crippen LogP contribution < -0.4 is 19.8 Å². The van der Waals surface area contributed by atoms with E-state index in [1.165, 1.54) is 5.56 Å². The zero-order valence-corrected chi connectivity index (χ0v) is 22.7. The van der Waals surface area contributed by atoms with Crippen LogP contribution in [0.15, 0.2) is 47.3 Å². The molecule has 210 valence electrons. The lowest BCUT2D eigenvalue weighted by Crippen LogP contribution is -2.48. The van der Waals surface area contributed by atoms with Crippen LogP contribution in [0.3, 0.4) is 0 Å². The van der Waals surface area contributed by atoms with Crippen molar-refractivity contribution in [1.82, 2.24) is 35.0 Å². The van der Waals surface area contributed by atoms with Gasteiger partial charge in [0.2, 0.25) is 6.79 Å². The van der Waals surface area contributed by atoms with Crippen LogP contribution in [-0.2, 0) is 17.8 Å². The molecule has 6 rings (SSSR count). The van der Waals surface area contributed by atoms with Crippen molar-refractivity contribution < 1.29 is 18.9 Å². The molecule has 2 aromatic heterocycles. The number of benzene rings is 2. The maximum atomic E-state index is 13.5. The van der Waals surface area contributed by atoms with Gasteiger partial charge in [-0.1, -0.05) is 6.07 Å². The number of hydrogen-bond acceptors (Lipinski definition) is 10. The molecule has 12 nitrogen and oxygen atoms in total. The predicted octanol–water partition coefficient (Wildman–Crippen LogP) is 2.20. The van der Waals surface area contributed by atoms with Gasteiger partial charge in [0.25, 0.3) is 5.56 Å². The second-order valence-corrected chi connectivity index (χ2v) is 9.89. The highest BCUT2D eigenvalue weighted by Crippen LogP contribution is 2.33. The van der Waals surface area contributed by atoms with Crippen molar-refractivity contribution in [1.29, 1.82) is 0 Å². The predicted molar refractivity (Wildman–Crippen MR) is 147 cm³/mol. The number of aromatic nitrogens is 5. The Morgan fingerprint density at radius 3 is 2.73 bits per heavy atom. The van der Waals surface area contributed by atoms with Gasteiger partial charge in [-0.3, -0.25) is 14.6 Å². The van der Waals surface area contributed by atoms with E-state index in [1.54, 1.807) is 11.8 Å². The standard InChI is InChI=1S/C28H33N7O5/c1-3-38-21-5-6-23-20(15-21)16-22(28(36)29-23)26(27-30-31-32-35(27)12-13-37-2)34-10-8-33(9-11-34)17-19-4-7-24-25(14-19)40-18-39-24/h4-7,14-16,26H,3,8-13,17-18H2,1-2H3,(H,29,36)/t26-/m0/s1. The molecule has 0 aliphatic carbocycles. The van der Waals surface area contributed by atoms with Gasteiger partial charge in [0, 0.05) is 56.3 Å². The number of nitrogens with one attached hydrogen (secondary N) is 1. The first-order chi connectivity index (χ1) is 19.6. The van der Waals surface area contributed by atoms with Crippen molar-refractivity contribution in [3.05, 3.63) is 69.8 Å². The van der Waals surface area contributed by atoms with Gasteiger partial charge in [0.05, 0.1) is 19.8 Å². The van der Waals surface area contributed by atoms with Gasteiger partial charge in [0.15, 0.2) is 17.3 Å². The molecule has 0 saturated carbocycles. The van der Waals surface area contributed by atoms with Gasteiger partial charge >= 0.3 is 0 Å². The number of fused-ring (bicyclic) bond motifs is 2. The molecule has 1 N–H and O–H groups in total. The fraction of sp³-hybridized carbons (Fsp3) is 0.429. The molecule has 1 saturated heterocycles. The minimum atomic E-state index is -0.427. The third-order valence-corrected chi connectivity index (χ3v) is 7.38. The number of aromatic amines is 1. The molecule has 2 aliphatic heterocycles. The molecule has 0 bridgehead atoms. The molecule has 12 heteroatoms. The summed E-state index contributed by atoms with van der Waals surface area (Å²) in [6.07, 6.45) is 0. The first-order valence-corrected chi connectivity index (χ1v) is 13.5. The number of ether oxygens (including phenoxy) is 4. The minimum absolute atomic E-state index is 0.161. The lowest BCUT2D eigenvalue weighted by Gasteiger charge is -2.38. The van der Waals surface area contributed by atoms with Crippen molar-refractivity contribution in [2.24, 2.45) is 0 Å². The molecule has 0 unspecified atom stereocenters. The van der Waals surface area contributed by atoms with Crippen LogP contribution in [0.4, 0.5) is 0 Å². The molecule has 1 fully saturated rings. The van der Waals surface area contributed by atoms with Gasteiger partial charge < -0.3 is 23.9 Å². The second kappa shape index (κ2) is 11.6. The summed E-state index contributed by atoms with van der Waals surface area (Å²) in [6, 6.07) is 13.3. The Morgan fingerprint density at radius 2 is 1.90 bits per heavy atom. The van der Waals surface area contributed by atoms with Crippen LogP contribution in [0.1, 0.15) is 29.9 Å². The number of H-pyrrole nitrogens is 1. The summed E-state index contributed by atoms with van der Waals surface area (Å²) in [6.45, 7) is 7.65. The normalized spacial score (nSPS) is 16.4. The smallest absolute Gasteiger partial charge is 0.253 e. The summed E-state index contributed by atoms with van der Waals surface area (Å²) in [5, 5.41) is 13.5. The maximum Gasteiger partial charge on any atom is 0.253 e. The average molecular weight is 548 g/mol. The van der Waals surface area contributed by atoms with E-state index in [-0.39, 0.29) is 12.4 Å². The summed E-state index contributed by atoms with van der Waals surface area (Å²) in [4.78, 5) is 21.2. The highest BCUT2D eigenvalue weighted by molar-refractivity contribution is 5.80. The zero-order chi connectivity index (χ0) is 27.5. The second-order valence-electron chi connectivity index (χ2n) is 9.89. The molecule has 1 atom stereocenters. The van der Waals surface area contributed by atoms with E-state index in [1.807, 2.05) is 43.3 Å². The highest BCUT2D eigenvalue weighted by atomic mass is 16.7. The van der Waals surface area contributed by atoms with E-state index in [2.05, 4.69) is 36.4 Å². The molecule has 0 spiro atoms. The fourth-order valence-electron chi connectivity index (χ4n) is 5.38. The van der Waals surface area contributed by atoms with Crippen molar-refractivity contribution in [3.8, 4) is 17.2 Å². The lowest BCUT2D eigenvalue weighted by atomic mass is 10.0. The van der Waals surface area contributed by atoms with Crippen molar-refractivity contribution in [3.63, 3.8) is 0 Å². The molecule has 2 aliphatic rings. The number of tetrazole rings is 1. The number of hydrogen-bond donors (Lipinski definition) is 1. The van der Waals surface area contributed by atoms with Gasteiger partial charge in [0.1, 0.15) is 11.8 Å². The van der Waals surface area contributed by atoms with E-state index in [0.29, 0.717) is 31.1 Å². The van der Waals surface area contributed by atoms with Crippen molar-refractivity contribution in [2.75, 3.05) is 53.3 Å². The van der Waals surface area contributed by atoms with Crippen LogP contribution in [0.5, 0.6) is 17.2 Å². The van der Waals surface area contributed by atoms with Crippen molar-refractivity contribution >= 4 is 10.9 Å². The van der Waals surface area contributed by atoms with Gasteiger partial charge in [-0.15, -0.1) is 5.10 Å². The third kappa shape index (κ3) is 5.37. The summed E-state index contributed by atoms with van der Waals surface area (Å²) >= 11 is 0. The number of pyridine rings is 1. The van der Waals surface area contributed by atoms with E-state index in [4.69, 9.17) is 18.9 Å². The Kier molecular flexibility index (Phi) is 7.62. The fourth-order valence-corrected chi connectivity index (χ4v) is 5.38. The van der Waals surface area contributed by atoms with Gasteiger partial charge in [-0.05, 0) is 59.3 Å². The summed E-state index contributed by atoms with van der Waals surface area (Å²) in [5.74, 6) is 2.96. The molecule has 4 aromatic rings. The summed E-state index contributed by atoms with van der Waals surface area (Å²) in [5.41, 5.74) is 2.36. The Labute approximate surface area is 231 Å². The topological polar surface area (TPSA) is 120 Å². The number of nitrogens with zero attached hydrogens (tertiary/aromatic N) is 6. The molecule has 0 radical (unpaired) electrons. The van der Waals surface area contributed by atoms with E-state index in [9.17, 15) is 4.79 Å². The number of rotatable bonds is 10. The molecule has 4 heterocycles. The molecule has 40 heavy (non-hydrogen) atoms. The number of methoxy groups -OCH3 is 1. The molecular weight excluding hydrogens is 514 g/mol. The maximum absolute atomic E-state index is 13.5. The van der Waals surface area contributed by atoms with Crippen LogP contribution in [0, 0.1) is 0 Å². The van der Waals surface area contributed by atoms with Gasteiger partial charge in [-0.2, -0.15) is 0 Å². The minimum Gasteiger partial charge on any atom is -0.494 e.